The molecule has 3 aliphatic rings. The Bertz CT molecular complexity index is 1270. The van der Waals surface area contributed by atoms with E-state index in [9.17, 15) is 18.7 Å². The van der Waals surface area contributed by atoms with Crippen molar-refractivity contribution in [1.29, 1.82) is 0 Å². The number of aliphatic hydroxyl groups is 1. The van der Waals surface area contributed by atoms with Crippen molar-refractivity contribution >= 4 is 23.4 Å². The summed E-state index contributed by atoms with van der Waals surface area (Å²) in [5.41, 5.74) is 2.45. The van der Waals surface area contributed by atoms with E-state index in [-0.39, 0.29) is 23.9 Å². The van der Waals surface area contributed by atoms with E-state index in [1.54, 1.807) is 24.4 Å². The highest BCUT2D eigenvalue weighted by Gasteiger charge is 2.59. The molecule has 2 aromatic rings. The van der Waals surface area contributed by atoms with Crippen LogP contribution in [0, 0.1) is 0 Å². The van der Waals surface area contributed by atoms with Crippen LogP contribution in [-0.4, -0.2) is 51.6 Å². The summed E-state index contributed by atoms with van der Waals surface area (Å²) in [5.74, 6) is -2.77. The van der Waals surface area contributed by atoms with Crippen molar-refractivity contribution in [3.05, 3.63) is 77.8 Å². The van der Waals surface area contributed by atoms with E-state index >= 15 is 0 Å². The summed E-state index contributed by atoms with van der Waals surface area (Å²) in [6, 6.07) is 5.35. The molecule has 1 amide bonds. The van der Waals surface area contributed by atoms with Crippen LogP contribution in [0.5, 0.6) is 0 Å². The molecule has 1 fully saturated rings. The third-order valence-corrected chi connectivity index (χ3v) is 6.65. The zero-order chi connectivity index (χ0) is 26.0. The molecule has 1 saturated carbocycles. The molecular formula is C26H29F2N7O2. The molecule has 0 spiro atoms. The molecule has 1 aromatic carbocycles. The van der Waals surface area contributed by atoms with Crippen LogP contribution in [0.3, 0.4) is 0 Å². The summed E-state index contributed by atoms with van der Waals surface area (Å²) in [4.78, 5) is 21.6. The van der Waals surface area contributed by atoms with Gasteiger partial charge in [-0.2, -0.15) is 4.98 Å². The Morgan fingerprint density at radius 1 is 1.27 bits per heavy atom. The maximum atomic E-state index is 13.5. The van der Waals surface area contributed by atoms with Gasteiger partial charge in [0.1, 0.15) is 11.4 Å². The number of fused-ring (bicyclic) bond motifs is 1. The number of nitrogens with zero attached hydrogens (tertiary/aromatic N) is 2. The van der Waals surface area contributed by atoms with Crippen LogP contribution < -0.4 is 26.6 Å². The minimum absolute atomic E-state index is 0.196. The molecule has 194 valence electrons. The van der Waals surface area contributed by atoms with Gasteiger partial charge >= 0.3 is 0 Å². The average molecular weight is 510 g/mol. The second-order valence-electron chi connectivity index (χ2n) is 9.53. The highest BCUT2D eigenvalue weighted by molar-refractivity contribution is 5.99. The van der Waals surface area contributed by atoms with Crippen molar-refractivity contribution < 1.29 is 18.7 Å². The Labute approximate surface area is 213 Å². The minimum Gasteiger partial charge on any atom is -0.387 e. The highest BCUT2D eigenvalue weighted by atomic mass is 19.3. The Morgan fingerprint density at radius 2 is 2.11 bits per heavy atom. The molecule has 0 bridgehead atoms. The first kappa shape index (κ1) is 24.8. The van der Waals surface area contributed by atoms with Crippen LogP contribution in [0.2, 0.25) is 0 Å². The lowest BCUT2D eigenvalue weighted by atomic mass is 9.71. The van der Waals surface area contributed by atoms with E-state index in [4.69, 9.17) is 0 Å². The molecule has 11 heteroatoms. The van der Waals surface area contributed by atoms with Gasteiger partial charge in [-0.1, -0.05) is 12.1 Å². The molecular weight excluding hydrogens is 480 g/mol. The van der Waals surface area contributed by atoms with Gasteiger partial charge in [0.05, 0.1) is 11.6 Å². The van der Waals surface area contributed by atoms with Gasteiger partial charge in [-0.15, -0.1) is 6.58 Å². The first-order chi connectivity index (χ1) is 17.7. The number of aromatic nitrogens is 2. The van der Waals surface area contributed by atoms with Gasteiger partial charge in [-0.25, -0.2) is 13.8 Å². The number of hydrogen-bond donors (Lipinski definition) is 6. The van der Waals surface area contributed by atoms with Gasteiger partial charge < -0.3 is 31.7 Å². The number of rotatable bonds is 8. The lowest BCUT2D eigenvalue weighted by Gasteiger charge is -2.47. The minimum atomic E-state index is -2.88. The molecule has 0 saturated heterocycles. The summed E-state index contributed by atoms with van der Waals surface area (Å²) in [6.45, 7) is 5.62. The second kappa shape index (κ2) is 9.91. The summed E-state index contributed by atoms with van der Waals surface area (Å²) in [5, 5.41) is 25.9. The van der Waals surface area contributed by atoms with Crippen LogP contribution in [0.1, 0.15) is 34.3 Å². The fourth-order valence-corrected chi connectivity index (χ4v) is 4.77. The van der Waals surface area contributed by atoms with E-state index in [0.29, 0.717) is 5.70 Å². The van der Waals surface area contributed by atoms with E-state index in [0.717, 1.165) is 25.2 Å². The molecule has 37 heavy (non-hydrogen) atoms. The quantitative estimate of drug-likeness (QED) is 0.301. The molecule has 5 rings (SSSR count). The topological polar surface area (TPSA) is 123 Å². The molecule has 6 N–H and O–H groups in total. The van der Waals surface area contributed by atoms with Crippen molar-refractivity contribution in [3.8, 4) is 0 Å². The third-order valence-electron chi connectivity index (χ3n) is 6.65. The number of carbonyl (C=O) groups excluding carboxylic acids is 1. The van der Waals surface area contributed by atoms with E-state index in [1.807, 2.05) is 6.07 Å². The van der Waals surface area contributed by atoms with Crippen molar-refractivity contribution in [3.63, 3.8) is 0 Å². The Hall–Kier alpha value is -3.83. The fourth-order valence-electron chi connectivity index (χ4n) is 4.77. The molecule has 2 aliphatic heterocycles. The maximum Gasteiger partial charge on any atom is 0.256 e. The SMILES string of the molecule is C=CCNC(=O)c1cnc(Nc2ccc3c(c2)CCNC3)nc1NC1=CC(C2(O)CC(F)(F)C2)NC=C1. The summed E-state index contributed by atoms with van der Waals surface area (Å²) in [6.07, 6.45) is 7.52. The monoisotopic (exact) mass is 509 g/mol. The predicted octanol–water partition coefficient (Wildman–Crippen LogP) is 2.72. The number of benzene rings is 1. The Morgan fingerprint density at radius 3 is 2.89 bits per heavy atom. The largest absolute Gasteiger partial charge is 0.387 e. The van der Waals surface area contributed by atoms with E-state index in [1.165, 1.54) is 17.3 Å². The smallest absolute Gasteiger partial charge is 0.256 e. The first-order valence-corrected chi connectivity index (χ1v) is 12.1. The highest BCUT2D eigenvalue weighted by Crippen LogP contribution is 2.48. The fraction of sp³-hybridized carbons (Fsp3) is 0.346. The zero-order valence-electron chi connectivity index (χ0n) is 20.2. The van der Waals surface area contributed by atoms with E-state index < -0.39 is 36.3 Å². The zero-order valence-corrected chi connectivity index (χ0v) is 20.2. The number of nitrogens with one attached hydrogen (secondary N) is 5. The van der Waals surface area contributed by atoms with Crippen LogP contribution in [0.25, 0.3) is 0 Å². The van der Waals surface area contributed by atoms with Crippen molar-refractivity contribution in [2.24, 2.45) is 0 Å². The molecule has 3 heterocycles. The third kappa shape index (κ3) is 5.47. The number of amides is 1. The number of allylic oxidation sites excluding steroid dienone is 1. The Kier molecular flexibility index (Phi) is 6.65. The lowest BCUT2D eigenvalue weighted by molar-refractivity contribution is -0.210. The molecule has 9 nitrogen and oxygen atoms in total. The van der Waals surface area contributed by atoms with Crippen LogP contribution in [0.15, 0.2) is 61.1 Å². The van der Waals surface area contributed by atoms with Crippen molar-refractivity contribution in [2.45, 2.75) is 43.4 Å². The van der Waals surface area contributed by atoms with Gasteiger partial charge in [0.15, 0.2) is 0 Å². The number of halogens is 2. The summed E-state index contributed by atoms with van der Waals surface area (Å²) >= 11 is 0. The van der Waals surface area contributed by atoms with Crippen molar-refractivity contribution in [2.75, 3.05) is 23.7 Å². The molecule has 1 aliphatic carbocycles. The number of dihydropyridines is 1. The molecule has 1 atom stereocenters. The van der Waals surface area contributed by atoms with Crippen LogP contribution in [0.4, 0.5) is 26.2 Å². The van der Waals surface area contributed by atoms with Crippen LogP contribution in [-0.2, 0) is 13.0 Å². The van der Waals surface area contributed by atoms with Crippen LogP contribution >= 0.6 is 0 Å². The van der Waals surface area contributed by atoms with Gasteiger partial charge in [-0.05, 0) is 54.6 Å². The van der Waals surface area contributed by atoms with Gasteiger partial charge in [0.2, 0.25) is 5.95 Å². The molecule has 0 radical (unpaired) electrons. The second-order valence-corrected chi connectivity index (χ2v) is 9.53. The van der Waals surface area contributed by atoms with Gasteiger partial charge in [0.25, 0.3) is 11.8 Å². The number of carbonyl (C=O) groups is 1. The van der Waals surface area contributed by atoms with Gasteiger partial charge in [-0.3, -0.25) is 4.79 Å². The molecule has 1 unspecified atom stereocenters. The predicted molar refractivity (Wildman–Crippen MR) is 137 cm³/mol. The lowest BCUT2D eigenvalue weighted by Crippen LogP contribution is -2.62. The van der Waals surface area contributed by atoms with Gasteiger partial charge in [0, 0.05) is 43.5 Å². The maximum absolute atomic E-state index is 13.5. The van der Waals surface area contributed by atoms with Crippen molar-refractivity contribution in [1.82, 2.24) is 25.9 Å². The normalized spacial score (nSPS) is 20.9. The summed E-state index contributed by atoms with van der Waals surface area (Å²) in [7, 11) is 0. The van der Waals surface area contributed by atoms with E-state index in [2.05, 4.69) is 55.3 Å². The number of hydrogen-bond acceptors (Lipinski definition) is 8. The number of alkyl halides is 2. The summed E-state index contributed by atoms with van der Waals surface area (Å²) < 4.78 is 26.9. The average Bonchev–Trinajstić information content (AvgIpc) is 2.86. The molecule has 1 aromatic heterocycles. The number of anilines is 3. The standard InChI is InChI=1S/C26H29F2N7O2/c1-2-7-31-23(36)20-13-32-24(34-18-4-3-17-12-29-8-5-16(17)10-18)35-22(20)33-19-6-9-30-21(11-19)25(37)14-26(27,28)15-25/h2-4,6,9-11,13,21,29-30,37H,1,5,7-8,12,14-15H2,(H,31,36)(H2,32,33,34,35). The Balaban J connectivity index is 1.40. The first-order valence-electron chi connectivity index (χ1n) is 12.1.